The fraction of sp³-hybridized carbons (Fsp3) is 0.296. The third-order valence-electron chi connectivity index (χ3n) is 6.80. The van der Waals surface area contributed by atoms with Gasteiger partial charge in [0.1, 0.15) is 0 Å². The van der Waals surface area contributed by atoms with Crippen LogP contribution >= 0.6 is 23.4 Å². The fourth-order valence-electron chi connectivity index (χ4n) is 5.31. The smallest absolute Gasteiger partial charge is 0.258 e. The largest absolute Gasteiger partial charge is 0.325 e. The highest BCUT2D eigenvalue weighted by atomic mass is 35.5. The van der Waals surface area contributed by atoms with Gasteiger partial charge in [-0.1, -0.05) is 66.5 Å². The van der Waals surface area contributed by atoms with Gasteiger partial charge in [-0.2, -0.15) is 0 Å². The molecule has 0 radical (unpaired) electrons. The number of allylic oxidation sites excluding steroid dienone is 1. The molecule has 0 bridgehead atoms. The van der Waals surface area contributed by atoms with Crippen LogP contribution in [0.2, 0.25) is 5.02 Å². The van der Waals surface area contributed by atoms with E-state index in [2.05, 4.69) is 30.1 Å². The van der Waals surface area contributed by atoms with Crippen LogP contribution in [0.15, 0.2) is 71.1 Å². The number of rotatable bonds is 6. The van der Waals surface area contributed by atoms with Crippen LogP contribution in [0.1, 0.15) is 36.8 Å². The van der Waals surface area contributed by atoms with Gasteiger partial charge in [0.05, 0.1) is 17.0 Å². The predicted molar refractivity (Wildman–Crippen MR) is 139 cm³/mol. The normalized spacial score (nSPS) is 15.6. The lowest BCUT2D eigenvalue weighted by Gasteiger charge is -2.36. The molecule has 5 rings (SSSR count). The van der Waals surface area contributed by atoms with E-state index < -0.39 is 0 Å². The van der Waals surface area contributed by atoms with Gasteiger partial charge >= 0.3 is 0 Å². The van der Waals surface area contributed by atoms with Gasteiger partial charge in [-0.05, 0) is 49.1 Å². The number of thioether (sulfide) groups is 1. The van der Waals surface area contributed by atoms with Crippen molar-refractivity contribution in [3.8, 4) is 11.3 Å². The van der Waals surface area contributed by atoms with Gasteiger partial charge in [0.15, 0.2) is 5.16 Å². The Kier molecular flexibility index (Phi) is 6.36. The zero-order chi connectivity index (χ0) is 23.7. The van der Waals surface area contributed by atoms with E-state index in [0.717, 1.165) is 48.9 Å². The first kappa shape index (κ1) is 22.9. The molecule has 1 saturated carbocycles. The summed E-state index contributed by atoms with van der Waals surface area (Å²) in [6.07, 6.45) is 6.88. The summed E-state index contributed by atoms with van der Waals surface area (Å²) >= 11 is 7.20. The maximum atomic E-state index is 13.9. The molecule has 0 saturated heterocycles. The number of nitrogens with one attached hydrogen (secondary N) is 1. The topological polar surface area (TPSA) is 64.0 Å². The highest BCUT2D eigenvalue weighted by Crippen LogP contribution is 2.49. The number of carbonyl (C=O) groups is 1. The lowest BCUT2D eigenvalue weighted by Crippen LogP contribution is -2.40. The molecule has 1 aromatic heterocycles. The standard InChI is InChI=1S/C27H26ClN3O2S/c1-2-15-31-25(33)23-24(21-8-4-3-7-18(21)16-27(23)13-5-6-14-27)30-26(31)34-17-22(32)29-20-11-9-19(28)10-12-20/h2-4,7-12H,1,5-6,13-17H2,(H,29,32). The van der Waals surface area contributed by atoms with Gasteiger partial charge in [-0.3, -0.25) is 14.2 Å². The SMILES string of the molecule is C=CCn1c(SCC(=O)Nc2ccc(Cl)cc2)nc2c(c1=O)C1(CCCC1)Cc1ccccc1-2. The van der Waals surface area contributed by atoms with E-state index in [-0.39, 0.29) is 22.6 Å². The monoisotopic (exact) mass is 491 g/mol. The first-order chi connectivity index (χ1) is 16.5. The second-order valence-electron chi connectivity index (χ2n) is 8.99. The third-order valence-corrected chi connectivity index (χ3v) is 8.03. The third kappa shape index (κ3) is 4.21. The number of carbonyl (C=O) groups excluding carboxylic acids is 1. The number of hydrogen-bond acceptors (Lipinski definition) is 4. The molecule has 34 heavy (non-hydrogen) atoms. The minimum atomic E-state index is -0.169. The number of aromatic nitrogens is 2. The summed E-state index contributed by atoms with van der Waals surface area (Å²) in [4.78, 5) is 31.6. The number of hydrogen-bond donors (Lipinski definition) is 1. The molecule has 0 unspecified atom stereocenters. The zero-order valence-corrected chi connectivity index (χ0v) is 20.4. The van der Waals surface area contributed by atoms with E-state index in [1.807, 2.05) is 6.07 Å². The zero-order valence-electron chi connectivity index (χ0n) is 18.9. The summed E-state index contributed by atoms with van der Waals surface area (Å²) in [7, 11) is 0. The lowest BCUT2D eigenvalue weighted by molar-refractivity contribution is -0.113. The fourth-order valence-corrected chi connectivity index (χ4v) is 6.23. The van der Waals surface area contributed by atoms with Crippen molar-refractivity contribution in [1.82, 2.24) is 9.55 Å². The number of benzene rings is 2. The Morgan fingerprint density at radius 1 is 1.18 bits per heavy atom. The molecule has 5 nitrogen and oxygen atoms in total. The van der Waals surface area contributed by atoms with Crippen LogP contribution in [0, 0.1) is 0 Å². The molecule has 1 fully saturated rings. The minimum absolute atomic E-state index is 0.00177. The number of halogens is 1. The number of anilines is 1. The van der Waals surface area contributed by atoms with Crippen LogP contribution in [-0.2, 0) is 23.2 Å². The Morgan fingerprint density at radius 3 is 2.65 bits per heavy atom. The van der Waals surface area contributed by atoms with Gasteiger partial charge in [0, 0.05) is 28.2 Å². The van der Waals surface area contributed by atoms with Crippen LogP contribution in [-0.4, -0.2) is 21.2 Å². The summed E-state index contributed by atoms with van der Waals surface area (Å²) in [6, 6.07) is 15.2. The Bertz CT molecular complexity index is 1310. The molecule has 1 heterocycles. The predicted octanol–water partition coefficient (Wildman–Crippen LogP) is 5.85. The minimum Gasteiger partial charge on any atom is -0.325 e. The van der Waals surface area contributed by atoms with Gasteiger partial charge in [-0.15, -0.1) is 6.58 Å². The molecule has 1 N–H and O–H groups in total. The number of fused-ring (bicyclic) bond motifs is 4. The summed E-state index contributed by atoms with van der Waals surface area (Å²) < 4.78 is 1.68. The van der Waals surface area contributed by atoms with Crippen LogP contribution in [0.3, 0.4) is 0 Å². The Hall–Kier alpha value is -2.83. The van der Waals surface area contributed by atoms with Crippen molar-refractivity contribution in [2.75, 3.05) is 11.1 Å². The van der Waals surface area contributed by atoms with Crippen molar-refractivity contribution in [2.24, 2.45) is 0 Å². The summed E-state index contributed by atoms with van der Waals surface area (Å²) in [5.74, 6) is -0.0327. The second kappa shape index (κ2) is 9.43. The number of nitrogens with zero attached hydrogens (tertiary/aromatic N) is 2. The van der Waals surface area contributed by atoms with Gasteiger partial charge in [0.25, 0.3) is 5.56 Å². The Balaban J connectivity index is 1.52. The van der Waals surface area contributed by atoms with E-state index in [9.17, 15) is 9.59 Å². The van der Waals surface area contributed by atoms with Crippen molar-refractivity contribution < 1.29 is 4.79 Å². The van der Waals surface area contributed by atoms with Crippen LogP contribution in [0.5, 0.6) is 0 Å². The molecule has 0 aliphatic heterocycles. The summed E-state index contributed by atoms with van der Waals surface area (Å²) in [5.41, 5.74) is 4.45. The van der Waals surface area contributed by atoms with E-state index in [1.165, 1.54) is 17.3 Å². The Morgan fingerprint density at radius 2 is 1.91 bits per heavy atom. The van der Waals surface area contributed by atoms with Gasteiger partial charge in [-0.25, -0.2) is 4.98 Å². The van der Waals surface area contributed by atoms with Crippen molar-refractivity contribution >= 4 is 35.0 Å². The number of amides is 1. The van der Waals surface area contributed by atoms with Gasteiger partial charge < -0.3 is 5.32 Å². The van der Waals surface area contributed by atoms with Crippen molar-refractivity contribution in [2.45, 2.75) is 49.2 Å². The Labute approximate surface area is 208 Å². The molecule has 7 heteroatoms. The molecular formula is C27H26ClN3O2S. The average molecular weight is 492 g/mol. The molecule has 2 aliphatic carbocycles. The highest BCUT2D eigenvalue weighted by molar-refractivity contribution is 7.99. The highest BCUT2D eigenvalue weighted by Gasteiger charge is 2.44. The van der Waals surface area contributed by atoms with Crippen LogP contribution in [0.4, 0.5) is 5.69 Å². The molecular weight excluding hydrogens is 466 g/mol. The summed E-state index contributed by atoms with van der Waals surface area (Å²) in [5, 5.41) is 4.02. The maximum absolute atomic E-state index is 13.9. The van der Waals surface area contributed by atoms with Crippen LogP contribution < -0.4 is 10.9 Å². The molecule has 174 valence electrons. The summed E-state index contributed by atoms with van der Waals surface area (Å²) in [6.45, 7) is 4.21. The quantitative estimate of drug-likeness (QED) is 0.267. The van der Waals surface area contributed by atoms with Gasteiger partial charge in [0.2, 0.25) is 5.91 Å². The average Bonchev–Trinajstić information content (AvgIpc) is 3.29. The molecule has 1 amide bonds. The van der Waals surface area contributed by atoms with E-state index >= 15 is 0 Å². The second-order valence-corrected chi connectivity index (χ2v) is 10.4. The van der Waals surface area contributed by atoms with E-state index in [1.54, 1.807) is 34.9 Å². The first-order valence-electron chi connectivity index (χ1n) is 11.5. The van der Waals surface area contributed by atoms with E-state index in [0.29, 0.717) is 22.4 Å². The first-order valence-corrected chi connectivity index (χ1v) is 12.9. The molecule has 1 spiro atoms. The van der Waals surface area contributed by atoms with Crippen molar-refractivity contribution in [3.63, 3.8) is 0 Å². The molecule has 2 aliphatic rings. The van der Waals surface area contributed by atoms with E-state index in [4.69, 9.17) is 16.6 Å². The molecule has 0 atom stereocenters. The molecule has 2 aromatic carbocycles. The van der Waals surface area contributed by atoms with Crippen molar-refractivity contribution in [3.05, 3.63) is 87.7 Å². The molecule has 3 aromatic rings. The maximum Gasteiger partial charge on any atom is 0.258 e. The lowest BCUT2D eigenvalue weighted by atomic mass is 9.68. The van der Waals surface area contributed by atoms with Crippen molar-refractivity contribution in [1.29, 1.82) is 0 Å². The van der Waals surface area contributed by atoms with Crippen LogP contribution in [0.25, 0.3) is 11.3 Å².